The predicted octanol–water partition coefficient (Wildman–Crippen LogP) is 1.95. The van der Waals surface area contributed by atoms with Crippen LogP contribution in [0.5, 0.6) is 0 Å². The summed E-state index contributed by atoms with van der Waals surface area (Å²) in [5.41, 5.74) is 2.47. The third-order valence-corrected chi connectivity index (χ3v) is 1.75. The fraction of sp³-hybridized carbons (Fsp3) is 0.111. The Labute approximate surface area is 60.0 Å². The van der Waals surface area contributed by atoms with Crippen molar-refractivity contribution in [3.8, 4) is 0 Å². The Bertz CT molecular complexity index is 277. The fourth-order valence-corrected chi connectivity index (χ4v) is 1.24. The molecule has 1 heteroatoms. The summed E-state index contributed by atoms with van der Waals surface area (Å²) >= 11 is 0. The Morgan fingerprint density at radius 3 is 2.90 bits per heavy atom. The summed E-state index contributed by atoms with van der Waals surface area (Å²) < 4.78 is 5.13. The third-order valence-electron chi connectivity index (χ3n) is 1.75. The molecule has 0 aromatic rings. The maximum absolute atomic E-state index is 5.13. The molecule has 0 amide bonds. The highest BCUT2D eigenvalue weighted by Crippen LogP contribution is 2.30. The van der Waals surface area contributed by atoms with Crippen molar-refractivity contribution in [2.75, 3.05) is 7.11 Å². The van der Waals surface area contributed by atoms with E-state index >= 15 is 0 Å². The number of fused-ring (bicyclic) bond motifs is 1. The van der Waals surface area contributed by atoms with E-state index in [9.17, 15) is 0 Å². The smallest absolute Gasteiger partial charge is 0.126 e. The van der Waals surface area contributed by atoms with Gasteiger partial charge in [0.1, 0.15) is 5.76 Å². The van der Waals surface area contributed by atoms with Crippen LogP contribution in [0.1, 0.15) is 0 Å². The van der Waals surface area contributed by atoms with Crippen molar-refractivity contribution >= 4 is 0 Å². The molecular formula is C9H8O. The largest absolute Gasteiger partial charge is 0.496 e. The van der Waals surface area contributed by atoms with Crippen molar-refractivity contribution in [2.24, 2.45) is 0 Å². The Hall–Kier alpha value is -1.24. The first-order valence-corrected chi connectivity index (χ1v) is 3.27. The van der Waals surface area contributed by atoms with Gasteiger partial charge < -0.3 is 4.74 Å². The van der Waals surface area contributed by atoms with E-state index in [1.165, 1.54) is 11.1 Å². The second-order valence-corrected chi connectivity index (χ2v) is 2.30. The third kappa shape index (κ3) is 0.574. The molecule has 10 heavy (non-hydrogen) atoms. The standard InChI is InChI=1S/C9H8O/c1-10-9-6-5-7-3-2-4-8(7)9/h2-6H,1H3. The molecule has 0 atom stereocenters. The van der Waals surface area contributed by atoms with E-state index in [2.05, 4.69) is 18.2 Å². The Balaban J connectivity index is 2.38. The molecule has 2 rings (SSSR count). The molecular weight excluding hydrogens is 124 g/mol. The van der Waals surface area contributed by atoms with Gasteiger partial charge >= 0.3 is 0 Å². The van der Waals surface area contributed by atoms with Crippen LogP contribution in [0.3, 0.4) is 0 Å². The zero-order chi connectivity index (χ0) is 6.97. The molecule has 2 aliphatic carbocycles. The van der Waals surface area contributed by atoms with Crippen LogP contribution in [-0.2, 0) is 4.74 Å². The van der Waals surface area contributed by atoms with Crippen molar-refractivity contribution in [1.29, 1.82) is 0 Å². The number of hydrogen-bond donors (Lipinski definition) is 0. The first-order chi connectivity index (χ1) is 4.92. The average molecular weight is 132 g/mol. The van der Waals surface area contributed by atoms with Gasteiger partial charge in [0.2, 0.25) is 0 Å². The summed E-state index contributed by atoms with van der Waals surface area (Å²) in [7, 11) is 1.70. The molecule has 0 aromatic heterocycles. The number of allylic oxidation sites excluding steroid dienone is 6. The van der Waals surface area contributed by atoms with Crippen LogP contribution in [0.2, 0.25) is 0 Å². The van der Waals surface area contributed by atoms with Crippen LogP contribution in [0, 0.1) is 0 Å². The lowest BCUT2D eigenvalue weighted by atomic mass is 10.2. The minimum absolute atomic E-state index is 0.972. The van der Waals surface area contributed by atoms with E-state index in [0.29, 0.717) is 0 Å². The van der Waals surface area contributed by atoms with Gasteiger partial charge in [-0.2, -0.15) is 0 Å². The summed E-state index contributed by atoms with van der Waals surface area (Å²) in [5.74, 6) is 0.972. The highest BCUT2D eigenvalue weighted by Gasteiger charge is 2.15. The minimum Gasteiger partial charge on any atom is -0.496 e. The Morgan fingerprint density at radius 1 is 1.20 bits per heavy atom. The molecule has 0 spiro atoms. The van der Waals surface area contributed by atoms with Crippen molar-refractivity contribution in [1.82, 2.24) is 0 Å². The summed E-state index contributed by atoms with van der Waals surface area (Å²) in [6.45, 7) is 0. The predicted molar refractivity (Wildman–Crippen MR) is 40.4 cm³/mol. The molecule has 0 saturated heterocycles. The Morgan fingerprint density at radius 2 is 2.10 bits per heavy atom. The van der Waals surface area contributed by atoms with E-state index in [1.807, 2.05) is 12.2 Å². The lowest BCUT2D eigenvalue weighted by Gasteiger charge is -2.01. The van der Waals surface area contributed by atoms with Gasteiger partial charge in [-0.25, -0.2) is 0 Å². The number of ether oxygens (including phenoxy) is 1. The second kappa shape index (κ2) is 1.87. The lowest BCUT2D eigenvalue weighted by molar-refractivity contribution is 0.304. The van der Waals surface area contributed by atoms with Crippen LogP contribution in [0.25, 0.3) is 0 Å². The van der Waals surface area contributed by atoms with Crippen molar-refractivity contribution in [2.45, 2.75) is 0 Å². The normalized spacial score (nSPS) is 19.9. The molecule has 0 aromatic carbocycles. The van der Waals surface area contributed by atoms with Gasteiger partial charge in [-0.05, 0) is 11.6 Å². The summed E-state index contributed by atoms with van der Waals surface area (Å²) in [6, 6.07) is 0. The molecule has 0 fully saturated rings. The first kappa shape index (κ1) is 5.54. The van der Waals surface area contributed by atoms with Gasteiger partial charge in [-0.15, -0.1) is 0 Å². The van der Waals surface area contributed by atoms with Crippen LogP contribution in [0.15, 0.2) is 47.3 Å². The van der Waals surface area contributed by atoms with Gasteiger partial charge in [0, 0.05) is 5.57 Å². The molecule has 0 aliphatic heterocycles. The topological polar surface area (TPSA) is 9.23 Å². The number of methoxy groups -OCH3 is 1. The van der Waals surface area contributed by atoms with Gasteiger partial charge in [0.05, 0.1) is 7.11 Å². The first-order valence-electron chi connectivity index (χ1n) is 3.27. The average Bonchev–Trinajstić information content (AvgIpc) is 2.44. The maximum atomic E-state index is 5.13. The van der Waals surface area contributed by atoms with Crippen LogP contribution >= 0.6 is 0 Å². The van der Waals surface area contributed by atoms with Crippen molar-refractivity contribution in [3.63, 3.8) is 0 Å². The second-order valence-electron chi connectivity index (χ2n) is 2.30. The van der Waals surface area contributed by atoms with E-state index in [-0.39, 0.29) is 0 Å². The maximum Gasteiger partial charge on any atom is 0.126 e. The molecule has 0 saturated carbocycles. The summed E-state index contributed by atoms with van der Waals surface area (Å²) in [4.78, 5) is 0. The van der Waals surface area contributed by atoms with E-state index in [4.69, 9.17) is 4.74 Å². The SMILES string of the molecule is COC1=CC=C2C=CC=C21. The molecule has 0 N–H and O–H groups in total. The highest BCUT2D eigenvalue weighted by atomic mass is 16.5. The van der Waals surface area contributed by atoms with E-state index in [0.717, 1.165) is 5.76 Å². The zero-order valence-corrected chi connectivity index (χ0v) is 5.79. The molecule has 0 unspecified atom stereocenters. The monoisotopic (exact) mass is 132 g/mol. The van der Waals surface area contributed by atoms with Gasteiger partial charge in [-0.3, -0.25) is 0 Å². The molecule has 0 radical (unpaired) electrons. The molecule has 50 valence electrons. The van der Waals surface area contributed by atoms with E-state index in [1.54, 1.807) is 7.11 Å². The Kier molecular flexibility index (Phi) is 1.04. The van der Waals surface area contributed by atoms with Crippen molar-refractivity contribution in [3.05, 3.63) is 47.3 Å². The quantitative estimate of drug-likeness (QED) is 0.530. The summed E-state index contributed by atoms with van der Waals surface area (Å²) in [5, 5.41) is 0. The van der Waals surface area contributed by atoms with Crippen LogP contribution in [0.4, 0.5) is 0 Å². The molecule has 1 nitrogen and oxygen atoms in total. The summed E-state index contributed by atoms with van der Waals surface area (Å²) in [6.07, 6.45) is 10.2. The van der Waals surface area contributed by atoms with Crippen LogP contribution < -0.4 is 0 Å². The minimum atomic E-state index is 0.972. The molecule has 0 heterocycles. The zero-order valence-electron chi connectivity index (χ0n) is 5.79. The van der Waals surface area contributed by atoms with Gasteiger partial charge in [0.25, 0.3) is 0 Å². The number of rotatable bonds is 1. The molecule has 0 bridgehead atoms. The molecule has 2 aliphatic rings. The van der Waals surface area contributed by atoms with Gasteiger partial charge in [0.15, 0.2) is 0 Å². The lowest BCUT2D eigenvalue weighted by Crippen LogP contribution is -1.86. The fourth-order valence-electron chi connectivity index (χ4n) is 1.24. The van der Waals surface area contributed by atoms with Crippen molar-refractivity contribution < 1.29 is 4.74 Å². The van der Waals surface area contributed by atoms with E-state index < -0.39 is 0 Å². The number of hydrogen-bond acceptors (Lipinski definition) is 1. The van der Waals surface area contributed by atoms with Crippen LogP contribution in [-0.4, -0.2) is 7.11 Å². The highest BCUT2D eigenvalue weighted by molar-refractivity contribution is 5.62. The van der Waals surface area contributed by atoms with Gasteiger partial charge in [-0.1, -0.05) is 24.3 Å².